The number of nitrogens with zero attached hydrogens (tertiary/aromatic N) is 1. The summed E-state index contributed by atoms with van der Waals surface area (Å²) in [5.74, 6) is 2.32. The third kappa shape index (κ3) is 10.2. The van der Waals surface area contributed by atoms with E-state index in [-0.39, 0.29) is 5.91 Å². The first-order valence-electron chi connectivity index (χ1n) is 12.5. The Hall–Kier alpha value is -2.56. The topological polar surface area (TPSA) is 84.1 Å². The molecule has 36 heavy (non-hydrogen) atoms. The van der Waals surface area contributed by atoms with E-state index >= 15 is 0 Å². The summed E-state index contributed by atoms with van der Waals surface area (Å²) in [4.78, 5) is 16.0. The van der Waals surface area contributed by atoms with Crippen LogP contribution in [0.2, 0.25) is 0 Å². The van der Waals surface area contributed by atoms with Gasteiger partial charge in [-0.05, 0) is 57.1 Å². The molecule has 1 aromatic carbocycles. The van der Waals surface area contributed by atoms with Crippen LogP contribution in [0.4, 0.5) is 5.69 Å². The van der Waals surface area contributed by atoms with Crippen LogP contribution in [0.3, 0.4) is 0 Å². The molecule has 1 aromatic heterocycles. The van der Waals surface area contributed by atoms with Gasteiger partial charge < -0.3 is 30.2 Å². The normalized spacial score (nSPS) is 13.6. The second kappa shape index (κ2) is 15.5. The van der Waals surface area contributed by atoms with Crippen LogP contribution in [0.15, 0.2) is 29.6 Å². The van der Waals surface area contributed by atoms with Crippen LogP contribution in [0, 0.1) is 0 Å². The first-order chi connectivity index (χ1) is 17.6. The number of thiocarbonyl (C=S) groups is 1. The molecule has 1 fully saturated rings. The van der Waals surface area contributed by atoms with Gasteiger partial charge in [0.05, 0.1) is 20.8 Å². The summed E-state index contributed by atoms with van der Waals surface area (Å²) in [6.45, 7) is 5.22. The van der Waals surface area contributed by atoms with Gasteiger partial charge in [0.2, 0.25) is 5.91 Å². The zero-order chi connectivity index (χ0) is 25.6. The van der Waals surface area contributed by atoms with Crippen LogP contribution in [-0.4, -0.2) is 62.9 Å². The molecule has 3 N–H and O–H groups in total. The van der Waals surface area contributed by atoms with E-state index in [9.17, 15) is 4.79 Å². The summed E-state index contributed by atoms with van der Waals surface area (Å²) >= 11 is 7.10. The van der Waals surface area contributed by atoms with Crippen LogP contribution >= 0.6 is 23.6 Å². The van der Waals surface area contributed by atoms with Gasteiger partial charge in [-0.2, -0.15) is 0 Å². The molecule has 198 valence electrons. The molecule has 0 spiro atoms. The molecule has 8 nitrogen and oxygen atoms in total. The van der Waals surface area contributed by atoms with E-state index in [4.69, 9.17) is 26.4 Å². The smallest absolute Gasteiger partial charge is 0.220 e. The van der Waals surface area contributed by atoms with Crippen LogP contribution in [0.1, 0.15) is 43.4 Å². The highest BCUT2D eigenvalue weighted by Crippen LogP contribution is 2.26. The lowest BCUT2D eigenvalue weighted by molar-refractivity contribution is -0.121. The number of benzene rings is 1. The van der Waals surface area contributed by atoms with Crippen LogP contribution in [-0.2, 0) is 11.3 Å². The Kier molecular flexibility index (Phi) is 12.1. The standard InChI is InChI=1S/C26H38N4O4S2/c1-32-21-14-20(15-22(16-21)33-2)29-26(35)28-9-6-8-25(31)27-10-7-13-34-23-17-24(36-19-23)18-30-11-4-3-5-12-30/h14-17,19H,3-13,18H2,1-2H3,(H,27,31)(H2,28,29,35). The van der Waals surface area contributed by atoms with Gasteiger partial charge in [-0.3, -0.25) is 9.69 Å². The number of ether oxygens (including phenoxy) is 3. The summed E-state index contributed by atoms with van der Waals surface area (Å²) in [6.07, 6.45) is 5.87. The molecule has 1 aliphatic heterocycles. The molecule has 1 amide bonds. The molecule has 0 saturated carbocycles. The number of carbonyl (C=O) groups is 1. The molecular weight excluding hydrogens is 496 g/mol. The number of nitrogens with one attached hydrogen (secondary N) is 3. The lowest BCUT2D eigenvalue weighted by Crippen LogP contribution is -2.31. The first kappa shape index (κ1) is 28.0. The van der Waals surface area contributed by atoms with E-state index < -0.39 is 0 Å². The molecule has 2 heterocycles. The fourth-order valence-electron chi connectivity index (χ4n) is 3.94. The maximum atomic E-state index is 12.1. The molecule has 10 heteroatoms. The Morgan fingerprint density at radius 2 is 1.69 bits per heavy atom. The minimum atomic E-state index is 0.0348. The number of anilines is 1. The molecule has 0 unspecified atom stereocenters. The monoisotopic (exact) mass is 534 g/mol. The van der Waals surface area contributed by atoms with Crippen molar-refractivity contribution in [3.8, 4) is 17.2 Å². The van der Waals surface area contributed by atoms with E-state index in [2.05, 4.69) is 32.3 Å². The SMILES string of the molecule is COc1cc(NC(=S)NCCCC(=O)NCCCOc2csc(CN3CCCCC3)c2)cc(OC)c1. The fraction of sp³-hybridized carbons (Fsp3) is 0.538. The summed E-state index contributed by atoms with van der Waals surface area (Å²) in [5, 5.41) is 11.7. The number of thiophene rings is 1. The third-order valence-electron chi connectivity index (χ3n) is 5.85. The first-order valence-corrected chi connectivity index (χ1v) is 13.8. The molecule has 2 aromatic rings. The second-order valence-corrected chi connectivity index (χ2v) is 10.1. The van der Waals surface area contributed by atoms with Gasteiger partial charge in [0.25, 0.3) is 0 Å². The number of carbonyl (C=O) groups excluding carboxylic acids is 1. The average molecular weight is 535 g/mol. The molecule has 0 bridgehead atoms. The lowest BCUT2D eigenvalue weighted by Gasteiger charge is -2.25. The lowest BCUT2D eigenvalue weighted by atomic mass is 10.1. The van der Waals surface area contributed by atoms with Crippen molar-refractivity contribution in [2.24, 2.45) is 0 Å². The summed E-state index contributed by atoms with van der Waals surface area (Å²) in [7, 11) is 3.20. The third-order valence-corrected chi connectivity index (χ3v) is 6.99. The Balaban J connectivity index is 1.21. The highest BCUT2D eigenvalue weighted by atomic mass is 32.1. The van der Waals surface area contributed by atoms with Gasteiger partial charge >= 0.3 is 0 Å². The van der Waals surface area contributed by atoms with Crippen molar-refractivity contribution in [2.45, 2.75) is 45.1 Å². The maximum Gasteiger partial charge on any atom is 0.220 e. The van der Waals surface area contributed by atoms with Crippen molar-refractivity contribution in [3.05, 3.63) is 34.5 Å². The number of rotatable bonds is 14. The molecule has 0 atom stereocenters. The predicted octanol–water partition coefficient (Wildman–Crippen LogP) is 4.40. The van der Waals surface area contributed by atoms with Gasteiger partial charge in [0.1, 0.15) is 17.2 Å². The summed E-state index contributed by atoms with van der Waals surface area (Å²) in [6, 6.07) is 7.61. The fourth-order valence-corrected chi connectivity index (χ4v) is 5.01. The minimum Gasteiger partial charge on any atom is -0.497 e. The van der Waals surface area contributed by atoms with Crippen molar-refractivity contribution < 1.29 is 19.0 Å². The number of hydrogen-bond acceptors (Lipinski definition) is 7. The summed E-state index contributed by atoms with van der Waals surface area (Å²) < 4.78 is 16.4. The predicted molar refractivity (Wildman–Crippen MR) is 150 cm³/mol. The average Bonchev–Trinajstić information content (AvgIpc) is 3.33. The number of likely N-dealkylation sites (tertiary alicyclic amines) is 1. The van der Waals surface area contributed by atoms with Crippen LogP contribution in [0.5, 0.6) is 17.2 Å². The largest absolute Gasteiger partial charge is 0.497 e. The Bertz CT molecular complexity index is 941. The van der Waals surface area contributed by atoms with Crippen molar-refractivity contribution in [1.82, 2.24) is 15.5 Å². The number of hydrogen-bond donors (Lipinski definition) is 3. The zero-order valence-corrected chi connectivity index (χ0v) is 22.9. The van der Waals surface area contributed by atoms with Crippen LogP contribution < -0.4 is 30.2 Å². The molecule has 0 aliphatic carbocycles. The Morgan fingerprint density at radius 1 is 0.972 bits per heavy atom. The van der Waals surface area contributed by atoms with Crippen LogP contribution in [0.25, 0.3) is 0 Å². The minimum absolute atomic E-state index is 0.0348. The Labute approximate surface area is 223 Å². The van der Waals surface area contributed by atoms with E-state index in [1.165, 1.54) is 37.2 Å². The van der Waals surface area contributed by atoms with Gasteiger partial charge in [-0.25, -0.2) is 0 Å². The van der Waals surface area contributed by atoms with Gasteiger partial charge in [0.15, 0.2) is 5.11 Å². The van der Waals surface area contributed by atoms with Crippen molar-refractivity contribution >= 4 is 40.3 Å². The van der Waals surface area contributed by atoms with E-state index in [1.807, 2.05) is 12.1 Å². The number of amides is 1. The second-order valence-electron chi connectivity index (χ2n) is 8.72. The zero-order valence-electron chi connectivity index (χ0n) is 21.3. The van der Waals surface area contributed by atoms with Crippen molar-refractivity contribution in [1.29, 1.82) is 0 Å². The summed E-state index contributed by atoms with van der Waals surface area (Å²) in [5.41, 5.74) is 0.768. The van der Waals surface area contributed by atoms with Gasteiger partial charge in [-0.1, -0.05) is 6.42 Å². The van der Waals surface area contributed by atoms with Gasteiger partial charge in [-0.15, -0.1) is 11.3 Å². The number of methoxy groups -OCH3 is 2. The highest BCUT2D eigenvalue weighted by molar-refractivity contribution is 7.80. The quantitative estimate of drug-likeness (QED) is 0.243. The molecule has 1 aliphatic rings. The Morgan fingerprint density at radius 3 is 2.42 bits per heavy atom. The van der Waals surface area contributed by atoms with Gasteiger partial charge in [0, 0.05) is 60.2 Å². The molecule has 3 rings (SSSR count). The highest BCUT2D eigenvalue weighted by Gasteiger charge is 2.12. The molecule has 1 saturated heterocycles. The van der Waals surface area contributed by atoms with Crippen molar-refractivity contribution in [3.63, 3.8) is 0 Å². The molecule has 0 radical (unpaired) electrons. The van der Waals surface area contributed by atoms with Crippen molar-refractivity contribution in [2.75, 3.05) is 52.3 Å². The van der Waals surface area contributed by atoms with E-state index in [0.29, 0.717) is 49.1 Å². The van der Waals surface area contributed by atoms with E-state index in [1.54, 1.807) is 31.6 Å². The maximum absolute atomic E-state index is 12.1. The molecular formula is C26H38N4O4S2. The number of piperidine rings is 1. The van der Waals surface area contributed by atoms with E-state index in [0.717, 1.165) is 24.4 Å².